The number of carbonyl (C=O) groups excluding carboxylic acids is 1. The van der Waals surface area contributed by atoms with E-state index in [9.17, 15) is 23.7 Å². The summed E-state index contributed by atoms with van der Waals surface area (Å²) in [6.45, 7) is 0.746. The lowest BCUT2D eigenvalue weighted by Gasteiger charge is -2.20. The molecular formula is C18H15ClF2N2O3S. The van der Waals surface area contributed by atoms with Gasteiger partial charge in [-0.1, -0.05) is 11.6 Å². The van der Waals surface area contributed by atoms with E-state index in [1.54, 1.807) is 4.90 Å². The van der Waals surface area contributed by atoms with Crippen LogP contribution in [0.5, 0.6) is 0 Å². The molecule has 2 aromatic carbocycles. The van der Waals surface area contributed by atoms with Gasteiger partial charge in [0.05, 0.1) is 4.92 Å². The number of amides is 1. The van der Waals surface area contributed by atoms with Crippen LogP contribution in [0.25, 0.3) is 0 Å². The largest absolute Gasteiger partial charge is 0.338 e. The summed E-state index contributed by atoms with van der Waals surface area (Å²) in [6, 6.07) is 7.29. The van der Waals surface area contributed by atoms with Crippen molar-refractivity contribution in [2.45, 2.75) is 11.7 Å². The van der Waals surface area contributed by atoms with E-state index in [1.807, 2.05) is 0 Å². The highest BCUT2D eigenvalue weighted by Crippen LogP contribution is 2.36. The maximum Gasteiger partial charge on any atom is 0.288 e. The monoisotopic (exact) mass is 412 g/mol. The van der Waals surface area contributed by atoms with Gasteiger partial charge in [0.2, 0.25) is 0 Å². The minimum Gasteiger partial charge on any atom is -0.338 e. The molecule has 2 aromatic rings. The molecule has 0 spiro atoms. The topological polar surface area (TPSA) is 63.4 Å². The molecule has 0 radical (unpaired) electrons. The van der Waals surface area contributed by atoms with Crippen molar-refractivity contribution in [3.63, 3.8) is 0 Å². The smallest absolute Gasteiger partial charge is 0.288 e. The van der Waals surface area contributed by atoms with Crippen molar-refractivity contribution in [2.75, 3.05) is 18.8 Å². The van der Waals surface area contributed by atoms with Crippen LogP contribution in [0.15, 0.2) is 36.4 Å². The van der Waals surface area contributed by atoms with Gasteiger partial charge in [-0.3, -0.25) is 14.9 Å². The van der Waals surface area contributed by atoms with Crippen molar-refractivity contribution in [1.29, 1.82) is 0 Å². The number of carbonyl (C=O) groups is 1. The van der Waals surface area contributed by atoms with E-state index in [-0.39, 0.29) is 33.0 Å². The fraction of sp³-hybridized carbons (Fsp3) is 0.278. The number of halogens is 3. The maximum atomic E-state index is 14.0. The zero-order valence-corrected chi connectivity index (χ0v) is 15.6. The molecule has 0 saturated carbocycles. The van der Waals surface area contributed by atoms with Crippen LogP contribution in [-0.2, 0) is 0 Å². The molecule has 1 amide bonds. The molecule has 3 rings (SSSR count). The number of nitro groups is 1. The molecular weight excluding hydrogens is 398 g/mol. The second kappa shape index (κ2) is 8.22. The predicted octanol–water partition coefficient (Wildman–Crippen LogP) is 4.85. The second-order valence-electron chi connectivity index (χ2n) is 6.03. The van der Waals surface area contributed by atoms with E-state index >= 15 is 0 Å². The number of benzene rings is 2. The lowest BCUT2D eigenvalue weighted by atomic mass is 10.1. The van der Waals surface area contributed by atoms with Crippen LogP contribution in [0.3, 0.4) is 0 Å². The van der Waals surface area contributed by atoms with E-state index < -0.39 is 16.6 Å². The van der Waals surface area contributed by atoms with Crippen molar-refractivity contribution in [1.82, 2.24) is 4.90 Å². The molecule has 1 saturated heterocycles. The number of hydrogen-bond acceptors (Lipinski definition) is 4. The lowest BCUT2D eigenvalue weighted by molar-refractivity contribution is -0.384. The summed E-state index contributed by atoms with van der Waals surface area (Å²) in [7, 11) is 0. The molecule has 1 unspecified atom stereocenters. The molecule has 1 aliphatic heterocycles. The normalized spacial score (nSPS) is 17.4. The third kappa shape index (κ3) is 4.39. The second-order valence-corrected chi connectivity index (χ2v) is 7.75. The summed E-state index contributed by atoms with van der Waals surface area (Å²) in [6.07, 6.45) is 0.451. The Morgan fingerprint density at radius 2 is 2.00 bits per heavy atom. The van der Waals surface area contributed by atoms with Gasteiger partial charge in [0.1, 0.15) is 16.7 Å². The van der Waals surface area contributed by atoms with Gasteiger partial charge < -0.3 is 4.90 Å². The first-order chi connectivity index (χ1) is 12.9. The summed E-state index contributed by atoms with van der Waals surface area (Å²) in [5, 5.41) is 10.7. The van der Waals surface area contributed by atoms with Gasteiger partial charge in [0.25, 0.3) is 11.6 Å². The minimum atomic E-state index is -0.639. The minimum absolute atomic E-state index is 0.0374. The first-order valence-electron chi connectivity index (χ1n) is 8.16. The number of nitro benzene ring substituents is 1. The van der Waals surface area contributed by atoms with Crippen molar-refractivity contribution >= 4 is 35.0 Å². The van der Waals surface area contributed by atoms with Crippen LogP contribution >= 0.6 is 23.4 Å². The first kappa shape index (κ1) is 19.6. The maximum absolute atomic E-state index is 14.0. The average Bonchev–Trinajstić information content (AvgIpc) is 2.89. The fourth-order valence-electron chi connectivity index (χ4n) is 2.95. The highest BCUT2D eigenvalue weighted by molar-refractivity contribution is 7.99. The highest BCUT2D eigenvalue weighted by Gasteiger charge is 2.26. The number of thioether (sulfide) groups is 1. The van der Waals surface area contributed by atoms with Gasteiger partial charge in [-0.05, 0) is 36.8 Å². The van der Waals surface area contributed by atoms with E-state index in [0.717, 1.165) is 18.2 Å². The van der Waals surface area contributed by atoms with Crippen LogP contribution in [0, 0.1) is 21.7 Å². The number of hydrogen-bond donors (Lipinski definition) is 0. The highest BCUT2D eigenvalue weighted by atomic mass is 35.5. The number of nitrogens with zero attached hydrogens (tertiary/aromatic N) is 2. The predicted molar refractivity (Wildman–Crippen MR) is 100 cm³/mol. The third-order valence-electron chi connectivity index (χ3n) is 4.32. The molecule has 5 nitrogen and oxygen atoms in total. The molecule has 1 fully saturated rings. The van der Waals surface area contributed by atoms with Crippen LogP contribution in [-0.4, -0.2) is 34.6 Å². The van der Waals surface area contributed by atoms with Crippen LogP contribution in [0.1, 0.15) is 27.6 Å². The zero-order chi connectivity index (χ0) is 19.6. The molecule has 1 atom stereocenters. The Bertz CT molecular complexity index is 897. The quantitative estimate of drug-likeness (QED) is 0.534. The van der Waals surface area contributed by atoms with Gasteiger partial charge in [0, 0.05) is 41.3 Å². The SMILES string of the molecule is O=C(c1ccc(Cl)c([N+](=O)[O-])c1)N1CCSC(c2cc(F)ccc2F)CC1. The average molecular weight is 413 g/mol. The molecule has 1 heterocycles. The van der Waals surface area contributed by atoms with Crippen LogP contribution in [0.2, 0.25) is 5.02 Å². The van der Waals surface area contributed by atoms with E-state index in [0.29, 0.717) is 25.3 Å². The summed E-state index contributed by atoms with van der Waals surface area (Å²) >= 11 is 7.24. The fourth-order valence-corrected chi connectivity index (χ4v) is 4.38. The van der Waals surface area contributed by atoms with Gasteiger partial charge in [-0.15, -0.1) is 0 Å². The Kier molecular flexibility index (Phi) is 5.96. The Labute approximate surface area is 163 Å². The summed E-state index contributed by atoms with van der Waals surface area (Å²) in [5.41, 5.74) is 0.134. The molecule has 1 aliphatic rings. The Morgan fingerprint density at radius 3 is 2.74 bits per heavy atom. The number of rotatable bonds is 3. The molecule has 0 bridgehead atoms. The van der Waals surface area contributed by atoms with Gasteiger partial charge in [-0.2, -0.15) is 11.8 Å². The van der Waals surface area contributed by atoms with Gasteiger partial charge >= 0.3 is 0 Å². The summed E-state index contributed by atoms with van der Waals surface area (Å²) in [5.74, 6) is -0.780. The van der Waals surface area contributed by atoms with E-state index in [2.05, 4.69) is 0 Å². The van der Waals surface area contributed by atoms with Gasteiger partial charge in [0.15, 0.2) is 0 Å². The standard InChI is InChI=1S/C18H15ClF2N2O3S/c19-14-3-1-11(9-16(14)23(25)26)18(24)22-6-5-17(27-8-7-22)13-10-12(20)2-4-15(13)21/h1-4,9-10,17H,5-8H2. The molecule has 0 N–H and O–H groups in total. The van der Waals surface area contributed by atoms with Crippen LogP contribution < -0.4 is 0 Å². The molecule has 142 valence electrons. The Hall–Kier alpha value is -2.19. The Balaban J connectivity index is 1.76. The summed E-state index contributed by atoms with van der Waals surface area (Å²) < 4.78 is 27.5. The summed E-state index contributed by atoms with van der Waals surface area (Å²) in [4.78, 5) is 24.7. The van der Waals surface area contributed by atoms with Crippen molar-refractivity contribution in [2.24, 2.45) is 0 Å². The Morgan fingerprint density at radius 1 is 1.22 bits per heavy atom. The van der Waals surface area contributed by atoms with E-state index in [1.165, 1.54) is 30.0 Å². The zero-order valence-electron chi connectivity index (χ0n) is 14.0. The molecule has 27 heavy (non-hydrogen) atoms. The van der Waals surface area contributed by atoms with Crippen LogP contribution in [0.4, 0.5) is 14.5 Å². The van der Waals surface area contributed by atoms with Crippen molar-refractivity contribution in [3.8, 4) is 0 Å². The lowest BCUT2D eigenvalue weighted by Crippen LogP contribution is -2.33. The third-order valence-corrected chi connectivity index (χ3v) is 5.95. The molecule has 9 heteroatoms. The van der Waals surface area contributed by atoms with Gasteiger partial charge in [-0.25, -0.2) is 8.78 Å². The van der Waals surface area contributed by atoms with Crippen molar-refractivity contribution < 1.29 is 18.5 Å². The first-order valence-corrected chi connectivity index (χ1v) is 9.59. The van der Waals surface area contributed by atoms with Crippen molar-refractivity contribution in [3.05, 3.63) is 74.3 Å². The molecule has 0 aliphatic carbocycles. The molecule has 0 aromatic heterocycles. The van der Waals surface area contributed by atoms with E-state index in [4.69, 9.17) is 11.6 Å².